The molecule has 0 aliphatic rings. The summed E-state index contributed by atoms with van der Waals surface area (Å²) in [6, 6.07) is 9.90. The van der Waals surface area contributed by atoms with Crippen molar-refractivity contribution in [3.63, 3.8) is 0 Å². The average Bonchev–Trinajstić information content (AvgIpc) is 3.21. The van der Waals surface area contributed by atoms with Crippen molar-refractivity contribution in [1.29, 1.82) is 0 Å². The molecule has 0 radical (unpaired) electrons. The normalized spacial score (nSPS) is 12.1. The van der Waals surface area contributed by atoms with Gasteiger partial charge in [-0.15, -0.1) is 20.4 Å². The summed E-state index contributed by atoms with van der Waals surface area (Å²) in [6.45, 7) is 6.45. The number of hydrogen-bond acceptors (Lipinski definition) is 7. The van der Waals surface area contributed by atoms with E-state index in [1.165, 1.54) is 23.1 Å². The van der Waals surface area contributed by atoms with E-state index in [1.807, 2.05) is 55.7 Å². The Morgan fingerprint density at radius 1 is 1.24 bits per heavy atom. The number of benzene rings is 1. The molecule has 1 amide bonds. The fourth-order valence-corrected chi connectivity index (χ4v) is 3.74. The van der Waals surface area contributed by atoms with Gasteiger partial charge in [0, 0.05) is 12.1 Å². The first kappa shape index (κ1) is 17.6. The molecule has 0 unspecified atom stereocenters. The molecule has 3 rings (SSSR count). The van der Waals surface area contributed by atoms with Gasteiger partial charge < -0.3 is 4.57 Å². The molecule has 2 aromatic heterocycles. The number of aryl methyl sites for hydroxylation is 1. The monoisotopic (exact) mass is 374 g/mol. The van der Waals surface area contributed by atoms with Gasteiger partial charge in [0.25, 0.3) is 0 Å². The molecule has 0 saturated carbocycles. The van der Waals surface area contributed by atoms with E-state index in [4.69, 9.17) is 0 Å². The molecule has 0 bridgehead atoms. The molecule has 130 valence electrons. The summed E-state index contributed by atoms with van der Waals surface area (Å²) >= 11 is 2.73. The Balaban J connectivity index is 1.74. The van der Waals surface area contributed by atoms with Gasteiger partial charge in [0.15, 0.2) is 11.0 Å². The van der Waals surface area contributed by atoms with Crippen molar-refractivity contribution in [1.82, 2.24) is 25.0 Å². The Hall–Kier alpha value is -2.26. The summed E-state index contributed by atoms with van der Waals surface area (Å²) in [5.41, 5.74) is 1.00. The molecule has 0 spiro atoms. The zero-order valence-corrected chi connectivity index (χ0v) is 15.8. The molecule has 1 atom stereocenters. The van der Waals surface area contributed by atoms with Crippen molar-refractivity contribution in [3.05, 3.63) is 35.3 Å². The summed E-state index contributed by atoms with van der Waals surface area (Å²) in [4.78, 5) is 12.4. The minimum Gasteiger partial charge on any atom is -0.302 e. The molecule has 3 aromatic rings. The van der Waals surface area contributed by atoms with Crippen LogP contribution >= 0.6 is 23.1 Å². The number of amides is 1. The van der Waals surface area contributed by atoms with Crippen LogP contribution in [-0.2, 0) is 11.3 Å². The third-order valence-corrected chi connectivity index (χ3v) is 5.31. The second-order valence-corrected chi connectivity index (χ2v) is 7.78. The van der Waals surface area contributed by atoms with Crippen LogP contribution in [0.5, 0.6) is 0 Å². The number of rotatable bonds is 6. The lowest BCUT2D eigenvalue weighted by molar-refractivity contribution is -0.115. The maximum absolute atomic E-state index is 12.4. The number of anilines is 1. The highest BCUT2D eigenvalue weighted by Gasteiger charge is 2.21. The number of thioether (sulfide) groups is 1. The Morgan fingerprint density at radius 2 is 2.00 bits per heavy atom. The number of carbonyl (C=O) groups excluding carboxylic acids is 1. The van der Waals surface area contributed by atoms with E-state index >= 15 is 0 Å². The van der Waals surface area contributed by atoms with Crippen LogP contribution in [-0.4, -0.2) is 36.1 Å². The first-order valence-electron chi connectivity index (χ1n) is 7.84. The van der Waals surface area contributed by atoms with Crippen molar-refractivity contribution in [2.24, 2.45) is 0 Å². The topological polar surface area (TPSA) is 85.6 Å². The molecule has 0 aliphatic carbocycles. The third kappa shape index (κ3) is 4.05. The van der Waals surface area contributed by atoms with Crippen molar-refractivity contribution in [2.75, 3.05) is 5.32 Å². The van der Waals surface area contributed by atoms with Gasteiger partial charge >= 0.3 is 0 Å². The fraction of sp³-hybridized carbons (Fsp3) is 0.312. The Labute approximate surface area is 153 Å². The zero-order chi connectivity index (χ0) is 17.8. The predicted molar refractivity (Wildman–Crippen MR) is 99.7 cm³/mol. The Bertz CT molecular complexity index is 861. The van der Waals surface area contributed by atoms with Crippen LogP contribution in [0, 0.1) is 6.92 Å². The molecule has 0 saturated heterocycles. The number of carbonyl (C=O) groups is 1. The summed E-state index contributed by atoms with van der Waals surface area (Å²) in [7, 11) is 0. The van der Waals surface area contributed by atoms with Crippen molar-refractivity contribution < 1.29 is 4.79 Å². The summed E-state index contributed by atoms with van der Waals surface area (Å²) in [6.07, 6.45) is 0. The summed E-state index contributed by atoms with van der Waals surface area (Å²) in [5, 5.41) is 20.9. The molecule has 0 fully saturated rings. The molecular formula is C16H18N6OS2. The maximum Gasteiger partial charge on any atom is 0.239 e. The van der Waals surface area contributed by atoms with E-state index in [2.05, 4.69) is 25.7 Å². The lowest BCUT2D eigenvalue weighted by atomic mass is 10.2. The molecule has 25 heavy (non-hydrogen) atoms. The Morgan fingerprint density at radius 3 is 2.64 bits per heavy atom. The van der Waals surface area contributed by atoms with Crippen molar-refractivity contribution in [2.45, 2.75) is 37.7 Å². The third-order valence-electron chi connectivity index (χ3n) is 3.47. The molecule has 1 N–H and O–H groups in total. The van der Waals surface area contributed by atoms with E-state index in [-0.39, 0.29) is 11.2 Å². The highest BCUT2D eigenvalue weighted by atomic mass is 32.2. The summed E-state index contributed by atoms with van der Waals surface area (Å²) in [5.74, 6) is 0.672. The highest BCUT2D eigenvalue weighted by Crippen LogP contribution is 2.27. The van der Waals surface area contributed by atoms with Crippen LogP contribution in [0.15, 0.2) is 35.5 Å². The highest BCUT2D eigenvalue weighted by molar-refractivity contribution is 8.00. The standard InChI is InChI=1S/C16H18N6OS2/c1-4-22-13(12-8-6-5-7-9-12)19-21-16(22)24-10(2)14(23)17-15-20-18-11(3)25-15/h5-10H,4H2,1-3H3,(H,17,20,23)/t10-/m0/s1. The largest absolute Gasteiger partial charge is 0.302 e. The molecule has 2 heterocycles. The lowest BCUT2D eigenvalue weighted by Crippen LogP contribution is -2.22. The lowest BCUT2D eigenvalue weighted by Gasteiger charge is -2.11. The molecule has 1 aromatic carbocycles. The maximum atomic E-state index is 12.4. The van der Waals surface area contributed by atoms with Crippen LogP contribution in [0.25, 0.3) is 11.4 Å². The van der Waals surface area contributed by atoms with Crippen molar-refractivity contribution >= 4 is 34.1 Å². The van der Waals surface area contributed by atoms with E-state index < -0.39 is 0 Å². The van der Waals surface area contributed by atoms with E-state index in [0.29, 0.717) is 5.13 Å². The first-order valence-corrected chi connectivity index (χ1v) is 9.54. The molecular weight excluding hydrogens is 356 g/mol. The van der Waals surface area contributed by atoms with Gasteiger partial charge in [0.05, 0.1) is 5.25 Å². The molecule has 0 aliphatic heterocycles. The molecule has 9 heteroatoms. The predicted octanol–water partition coefficient (Wildman–Crippen LogP) is 3.24. The van der Waals surface area contributed by atoms with Gasteiger partial charge in [-0.25, -0.2) is 0 Å². The van der Waals surface area contributed by atoms with E-state index in [0.717, 1.165) is 28.1 Å². The zero-order valence-electron chi connectivity index (χ0n) is 14.1. The second-order valence-electron chi connectivity index (χ2n) is 5.29. The fourth-order valence-electron chi connectivity index (χ4n) is 2.23. The minimum atomic E-state index is -0.331. The summed E-state index contributed by atoms with van der Waals surface area (Å²) < 4.78 is 2.01. The Kier molecular flexibility index (Phi) is 5.44. The smallest absolute Gasteiger partial charge is 0.239 e. The van der Waals surface area contributed by atoms with Gasteiger partial charge in [-0.2, -0.15) is 0 Å². The van der Waals surface area contributed by atoms with Crippen LogP contribution in [0.3, 0.4) is 0 Å². The quantitative estimate of drug-likeness (QED) is 0.667. The van der Waals surface area contributed by atoms with Gasteiger partial charge in [0.2, 0.25) is 11.0 Å². The minimum absolute atomic E-state index is 0.131. The number of nitrogens with one attached hydrogen (secondary N) is 1. The van der Waals surface area contributed by atoms with Crippen molar-refractivity contribution in [3.8, 4) is 11.4 Å². The number of aromatic nitrogens is 5. The number of nitrogens with zero attached hydrogens (tertiary/aromatic N) is 5. The number of hydrogen-bond donors (Lipinski definition) is 1. The van der Waals surface area contributed by atoms with Crippen LogP contribution < -0.4 is 5.32 Å². The van der Waals surface area contributed by atoms with Crippen LogP contribution in [0.4, 0.5) is 5.13 Å². The van der Waals surface area contributed by atoms with Gasteiger partial charge in [0.1, 0.15) is 5.01 Å². The van der Waals surface area contributed by atoms with Gasteiger partial charge in [-0.05, 0) is 20.8 Å². The molecule has 7 nitrogen and oxygen atoms in total. The van der Waals surface area contributed by atoms with Crippen LogP contribution in [0.2, 0.25) is 0 Å². The van der Waals surface area contributed by atoms with E-state index in [9.17, 15) is 4.79 Å². The van der Waals surface area contributed by atoms with Gasteiger partial charge in [-0.1, -0.05) is 53.4 Å². The SMILES string of the molecule is CCn1c(S[C@@H](C)C(=O)Nc2nnc(C)s2)nnc1-c1ccccc1. The first-order chi connectivity index (χ1) is 12.1. The van der Waals surface area contributed by atoms with E-state index in [1.54, 1.807) is 0 Å². The second kappa shape index (κ2) is 7.75. The van der Waals surface area contributed by atoms with Crippen LogP contribution in [0.1, 0.15) is 18.9 Å². The van der Waals surface area contributed by atoms with Gasteiger partial charge in [-0.3, -0.25) is 10.1 Å². The average molecular weight is 374 g/mol.